The smallest absolute Gasteiger partial charge is 0.258 e. The van der Waals surface area contributed by atoms with Gasteiger partial charge in [-0.3, -0.25) is 10.1 Å². The molecule has 0 unspecified atom stereocenters. The molecule has 3 rings (SSSR count). The van der Waals surface area contributed by atoms with E-state index in [-0.39, 0.29) is 5.69 Å². The van der Waals surface area contributed by atoms with Crippen molar-refractivity contribution < 1.29 is 4.92 Å². The van der Waals surface area contributed by atoms with Crippen molar-refractivity contribution >= 4 is 22.2 Å². The topological polar surface area (TPSA) is 56.0 Å². The van der Waals surface area contributed by atoms with Gasteiger partial charge in [0.2, 0.25) is 0 Å². The number of benzene rings is 2. The summed E-state index contributed by atoms with van der Waals surface area (Å²) in [5.41, 5.74) is 2.70. The molecule has 0 saturated carbocycles. The van der Waals surface area contributed by atoms with E-state index in [1.54, 1.807) is 0 Å². The van der Waals surface area contributed by atoms with Gasteiger partial charge >= 0.3 is 0 Å². The van der Waals surface area contributed by atoms with Gasteiger partial charge in [-0.1, -0.05) is 55.1 Å². The SMILES string of the molecule is C=C(c1ccccc1)c1c([N+](=O)[O-])cnc2ccccc12. The summed E-state index contributed by atoms with van der Waals surface area (Å²) in [4.78, 5) is 15.1. The average molecular weight is 276 g/mol. The van der Waals surface area contributed by atoms with E-state index in [0.29, 0.717) is 11.1 Å². The van der Waals surface area contributed by atoms with E-state index in [0.717, 1.165) is 16.5 Å². The zero-order chi connectivity index (χ0) is 14.8. The Bertz CT molecular complexity index is 842. The highest BCUT2D eigenvalue weighted by molar-refractivity contribution is 5.98. The summed E-state index contributed by atoms with van der Waals surface area (Å²) in [6, 6.07) is 16.8. The van der Waals surface area contributed by atoms with Crippen molar-refractivity contribution in [3.05, 3.63) is 88.6 Å². The van der Waals surface area contributed by atoms with Crippen LogP contribution in [0.5, 0.6) is 0 Å². The highest BCUT2D eigenvalue weighted by Crippen LogP contribution is 2.34. The van der Waals surface area contributed by atoms with Crippen LogP contribution in [0.1, 0.15) is 11.1 Å². The van der Waals surface area contributed by atoms with Crippen LogP contribution in [0.2, 0.25) is 0 Å². The number of hydrogen-bond donors (Lipinski definition) is 0. The summed E-state index contributed by atoms with van der Waals surface area (Å²) < 4.78 is 0. The maximum absolute atomic E-state index is 11.3. The number of aromatic nitrogens is 1. The Morgan fingerprint density at radius 3 is 2.43 bits per heavy atom. The number of hydrogen-bond acceptors (Lipinski definition) is 3. The van der Waals surface area contributed by atoms with Gasteiger partial charge < -0.3 is 0 Å². The van der Waals surface area contributed by atoms with Crippen molar-refractivity contribution in [3.63, 3.8) is 0 Å². The van der Waals surface area contributed by atoms with Crippen LogP contribution in [0.4, 0.5) is 5.69 Å². The van der Waals surface area contributed by atoms with Gasteiger partial charge in [0.1, 0.15) is 6.20 Å². The van der Waals surface area contributed by atoms with Gasteiger partial charge in [0.15, 0.2) is 0 Å². The molecule has 4 nitrogen and oxygen atoms in total. The lowest BCUT2D eigenvalue weighted by atomic mass is 9.95. The molecule has 0 aliphatic rings. The minimum absolute atomic E-state index is 0.0254. The van der Waals surface area contributed by atoms with Crippen LogP contribution in [0.15, 0.2) is 67.4 Å². The Hall–Kier alpha value is -3.01. The van der Waals surface area contributed by atoms with E-state index in [9.17, 15) is 10.1 Å². The van der Waals surface area contributed by atoms with E-state index in [4.69, 9.17) is 0 Å². The molecule has 0 saturated heterocycles. The van der Waals surface area contributed by atoms with Crippen molar-refractivity contribution in [1.82, 2.24) is 4.98 Å². The van der Waals surface area contributed by atoms with E-state index in [1.807, 2.05) is 54.6 Å². The van der Waals surface area contributed by atoms with Crippen molar-refractivity contribution in [3.8, 4) is 0 Å². The number of nitrogens with zero attached hydrogens (tertiary/aromatic N) is 2. The van der Waals surface area contributed by atoms with E-state index in [2.05, 4.69) is 11.6 Å². The maximum atomic E-state index is 11.3. The van der Waals surface area contributed by atoms with Crippen molar-refractivity contribution in [2.45, 2.75) is 0 Å². The molecule has 0 N–H and O–H groups in total. The molecule has 102 valence electrons. The minimum Gasteiger partial charge on any atom is -0.258 e. The predicted octanol–water partition coefficient (Wildman–Crippen LogP) is 4.20. The molecule has 0 amide bonds. The van der Waals surface area contributed by atoms with Crippen LogP contribution in [0.3, 0.4) is 0 Å². The Morgan fingerprint density at radius 1 is 1.05 bits per heavy atom. The molecule has 21 heavy (non-hydrogen) atoms. The molecule has 0 aliphatic carbocycles. The molecule has 3 aromatic rings. The molecular formula is C17H12N2O2. The molecule has 0 radical (unpaired) electrons. The summed E-state index contributed by atoms with van der Waals surface area (Å²) in [7, 11) is 0. The summed E-state index contributed by atoms with van der Waals surface area (Å²) in [5.74, 6) is 0. The molecule has 0 spiro atoms. The van der Waals surface area contributed by atoms with E-state index in [1.165, 1.54) is 6.20 Å². The summed E-state index contributed by atoms with van der Waals surface area (Å²) in [5, 5.41) is 12.1. The number of para-hydroxylation sites is 1. The molecular weight excluding hydrogens is 264 g/mol. The fraction of sp³-hybridized carbons (Fsp3) is 0. The van der Waals surface area contributed by atoms with Crippen LogP contribution in [-0.2, 0) is 0 Å². The fourth-order valence-corrected chi connectivity index (χ4v) is 2.37. The lowest BCUT2D eigenvalue weighted by molar-refractivity contribution is -0.385. The second kappa shape index (κ2) is 5.17. The molecule has 0 fully saturated rings. The van der Waals surface area contributed by atoms with Crippen molar-refractivity contribution in [1.29, 1.82) is 0 Å². The van der Waals surface area contributed by atoms with E-state index < -0.39 is 4.92 Å². The third-order valence-electron chi connectivity index (χ3n) is 3.38. The van der Waals surface area contributed by atoms with Crippen LogP contribution in [0, 0.1) is 10.1 Å². The zero-order valence-corrected chi connectivity index (χ0v) is 11.2. The number of rotatable bonds is 3. The van der Waals surface area contributed by atoms with Gasteiger partial charge in [-0.15, -0.1) is 0 Å². The molecule has 0 bridgehead atoms. The predicted molar refractivity (Wildman–Crippen MR) is 83.0 cm³/mol. The molecule has 2 aromatic carbocycles. The highest BCUT2D eigenvalue weighted by Gasteiger charge is 2.20. The first-order valence-corrected chi connectivity index (χ1v) is 6.45. The third kappa shape index (κ3) is 2.27. The quantitative estimate of drug-likeness (QED) is 0.532. The monoisotopic (exact) mass is 276 g/mol. The lowest BCUT2D eigenvalue weighted by Crippen LogP contribution is -1.98. The average Bonchev–Trinajstić information content (AvgIpc) is 2.53. The van der Waals surface area contributed by atoms with Gasteiger partial charge in [0, 0.05) is 5.39 Å². The van der Waals surface area contributed by atoms with Crippen LogP contribution < -0.4 is 0 Å². The maximum Gasteiger partial charge on any atom is 0.295 e. The Kier molecular flexibility index (Phi) is 3.20. The first-order chi connectivity index (χ1) is 10.2. The van der Waals surface area contributed by atoms with Crippen LogP contribution in [-0.4, -0.2) is 9.91 Å². The summed E-state index contributed by atoms with van der Waals surface area (Å²) in [6.07, 6.45) is 1.30. The first kappa shape index (κ1) is 13.0. The third-order valence-corrected chi connectivity index (χ3v) is 3.38. The summed E-state index contributed by atoms with van der Waals surface area (Å²) >= 11 is 0. The number of pyridine rings is 1. The highest BCUT2D eigenvalue weighted by atomic mass is 16.6. The Balaban J connectivity index is 2.31. The Labute approximate surface area is 121 Å². The number of fused-ring (bicyclic) bond motifs is 1. The van der Waals surface area contributed by atoms with Gasteiger partial charge in [-0.25, -0.2) is 4.98 Å². The van der Waals surface area contributed by atoms with Gasteiger partial charge in [0.25, 0.3) is 5.69 Å². The Morgan fingerprint density at radius 2 is 1.71 bits per heavy atom. The second-order valence-corrected chi connectivity index (χ2v) is 4.64. The normalized spacial score (nSPS) is 10.5. The molecule has 0 atom stereocenters. The molecule has 1 heterocycles. The van der Waals surface area contributed by atoms with E-state index >= 15 is 0 Å². The van der Waals surface area contributed by atoms with Gasteiger partial charge in [-0.2, -0.15) is 0 Å². The molecule has 1 aromatic heterocycles. The number of nitro groups is 1. The fourth-order valence-electron chi connectivity index (χ4n) is 2.37. The summed E-state index contributed by atoms with van der Waals surface area (Å²) in [6.45, 7) is 4.06. The minimum atomic E-state index is -0.414. The second-order valence-electron chi connectivity index (χ2n) is 4.64. The molecule has 0 aliphatic heterocycles. The standard InChI is InChI=1S/C17H12N2O2/c1-12(13-7-3-2-4-8-13)17-14-9-5-6-10-15(14)18-11-16(17)19(20)21/h2-11H,1H2. The van der Waals surface area contributed by atoms with Crippen molar-refractivity contribution in [2.75, 3.05) is 0 Å². The zero-order valence-electron chi connectivity index (χ0n) is 11.2. The first-order valence-electron chi connectivity index (χ1n) is 6.45. The van der Waals surface area contributed by atoms with Crippen LogP contribution >= 0.6 is 0 Å². The largest absolute Gasteiger partial charge is 0.295 e. The van der Waals surface area contributed by atoms with Crippen LogP contribution in [0.25, 0.3) is 16.5 Å². The van der Waals surface area contributed by atoms with Crippen molar-refractivity contribution in [2.24, 2.45) is 0 Å². The van der Waals surface area contributed by atoms with Gasteiger partial charge in [-0.05, 0) is 17.2 Å². The van der Waals surface area contributed by atoms with Gasteiger partial charge in [0.05, 0.1) is 16.0 Å². The lowest BCUT2D eigenvalue weighted by Gasteiger charge is -2.10. The molecule has 4 heteroatoms.